The van der Waals surface area contributed by atoms with Crippen LogP contribution in [0.4, 0.5) is 0 Å². The van der Waals surface area contributed by atoms with E-state index in [0.29, 0.717) is 5.56 Å². The summed E-state index contributed by atoms with van der Waals surface area (Å²) < 4.78 is 0. The minimum absolute atomic E-state index is 0.0242. The molecule has 0 fully saturated rings. The van der Waals surface area contributed by atoms with Gasteiger partial charge >= 0.3 is 5.97 Å². The van der Waals surface area contributed by atoms with Crippen molar-refractivity contribution in [2.24, 2.45) is 35.0 Å². The van der Waals surface area contributed by atoms with Crippen molar-refractivity contribution in [3.63, 3.8) is 0 Å². The third-order valence-electron chi connectivity index (χ3n) is 9.73. The molecule has 0 heterocycles. The number of amides is 10. The van der Waals surface area contributed by atoms with Gasteiger partial charge in [0.25, 0.3) is 0 Å². The monoisotopic (exact) mass is 949 g/mol. The molecule has 0 radical (unpaired) electrons. The number of hydrogen-bond donors (Lipinski definition) is 14. The minimum Gasteiger partial charge on any atom is -0.508 e. The first-order valence-corrected chi connectivity index (χ1v) is 21.5. The van der Waals surface area contributed by atoms with Crippen LogP contribution in [0.1, 0.15) is 79.7 Å². The van der Waals surface area contributed by atoms with E-state index in [1.165, 1.54) is 32.9 Å². The number of nitrogens with one attached hydrogen (secondary N) is 8. The maximum Gasteiger partial charge on any atom is 0.326 e. The van der Waals surface area contributed by atoms with Crippen LogP contribution in [0.15, 0.2) is 24.3 Å². The zero-order valence-corrected chi connectivity index (χ0v) is 38.7. The summed E-state index contributed by atoms with van der Waals surface area (Å²) in [6.07, 6.45) is -1.39. The van der Waals surface area contributed by atoms with E-state index in [1.54, 1.807) is 39.8 Å². The Hall–Kier alpha value is -6.89. The number of nitrogens with two attached hydrogens (primary N) is 3. The number of aliphatic hydroxyl groups is 1. The SMILES string of the molecule is CC(C)C[C@H](NC(=O)[C@H](CC(N)=O)NC(=O)[C@H](C)NC(=O)CNC(=O)[C@H](CO)NC(=O)[C@H](CC(C)C)NC(=O)[C@@H](N)Cc1ccc(O)cc1)C(=O)N[C@@H](CC(N)=O)C(=O)N[C@H](C(=O)O)C(C)C. The average molecular weight is 950 g/mol. The van der Waals surface area contributed by atoms with Gasteiger partial charge in [0.2, 0.25) is 59.1 Å². The van der Waals surface area contributed by atoms with Crippen LogP contribution in [0.3, 0.4) is 0 Å². The number of carbonyl (C=O) groups excluding carboxylic acids is 10. The number of aliphatic hydroxyl groups excluding tert-OH is 1. The molecule has 67 heavy (non-hydrogen) atoms. The van der Waals surface area contributed by atoms with Gasteiger partial charge in [-0.3, -0.25) is 47.9 Å². The van der Waals surface area contributed by atoms with Crippen LogP contribution in [0.2, 0.25) is 0 Å². The Balaban J connectivity index is 2.99. The van der Waals surface area contributed by atoms with Crippen molar-refractivity contribution >= 4 is 65.0 Å². The van der Waals surface area contributed by atoms with Crippen LogP contribution < -0.4 is 59.7 Å². The predicted molar refractivity (Wildman–Crippen MR) is 238 cm³/mol. The second-order valence-corrected chi connectivity index (χ2v) is 17.1. The molecule has 0 bridgehead atoms. The van der Waals surface area contributed by atoms with Crippen molar-refractivity contribution in [1.29, 1.82) is 0 Å². The third-order valence-corrected chi connectivity index (χ3v) is 9.73. The van der Waals surface area contributed by atoms with E-state index in [0.717, 1.165) is 0 Å². The highest BCUT2D eigenvalue weighted by Gasteiger charge is 2.35. The van der Waals surface area contributed by atoms with Crippen molar-refractivity contribution in [2.75, 3.05) is 13.2 Å². The highest BCUT2D eigenvalue weighted by Crippen LogP contribution is 2.13. The molecular formula is C42H67N11O14. The number of hydrogen-bond acceptors (Lipinski definition) is 14. The van der Waals surface area contributed by atoms with Gasteiger partial charge < -0.3 is 75.1 Å². The molecule has 1 rings (SSSR count). The highest BCUT2D eigenvalue weighted by atomic mass is 16.4. The van der Waals surface area contributed by atoms with Gasteiger partial charge in [-0.1, -0.05) is 53.7 Å². The lowest BCUT2D eigenvalue weighted by atomic mass is 10.0. The number of aliphatic carboxylic acids is 1. The lowest BCUT2D eigenvalue weighted by molar-refractivity contribution is -0.143. The molecule has 0 unspecified atom stereocenters. The maximum atomic E-state index is 13.5. The number of phenols is 1. The van der Waals surface area contributed by atoms with Crippen LogP contribution >= 0.6 is 0 Å². The van der Waals surface area contributed by atoms with Gasteiger partial charge in [-0.05, 0) is 61.6 Å². The molecule has 25 heteroatoms. The average Bonchev–Trinajstić information content (AvgIpc) is 3.22. The number of carbonyl (C=O) groups is 11. The van der Waals surface area contributed by atoms with Crippen LogP contribution in [0.25, 0.3) is 0 Å². The fraction of sp³-hybridized carbons (Fsp3) is 0.595. The van der Waals surface area contributed by atoms with Gasteiger partial charge in [0.1, 0.15) is 48.0 Å². The molecule has 0 spiro atoms. The third kappa shape index (κ3) is 21.8. The topological polar surface area (TPSA) is 423 Å². The largest absolute Gasteiger partial charge is 0.508 e. The van der Waals surface area contributed by atoms with Crippen molar-refractivity contribution in [3.8, 4) is 5.75 Å². The number of benzene rings is 1. The van der Waals surface area contributed by atoms with E-state index in [9.17, 15) is 68.1 Å². The molecule has 10 amide bonds. The Morgan fingerprint density at radius 2 is 0.970 bits per heavy atom. The van der Waals surface area contributed by atoms with Gasteiger partial charge in [-0.25, -0.2) is 4.79 Å². The van der Waals surface area contributed by atoms with E-state index in [1.807, 2.05) is 0 Å². The summed E-state index contributed by atoms with van der Waals surface area (Å²) in [5, 5.41) is 47.5. The molecule has 8 atom stereocenters. The van der Waals surface area contributed by atoms with E-state index >= 15 is 0 Å². The normalized spacial score (nSPS) is 14.7. The predicted octanol–water partition coefficient (Wildman–Crippen LogP) is -4.63. The molecule has 1 aromatic carbocycles. The summed E-state index contributed by atoms with van der Waals surface area (Å²) in [6, 6.07) is -5.46. The fourth-order valence-electron chi connectivity index (χ4n) is 6.21. The lowest BCUT2D eigenvalue weighted by Gasteiger charge is -2.27. The Morgan fingerprint density at radius 3 is 1.40 bits per heavy atom. The summed E-state index contributed by atoms with van der Waals surface area (Å²) in [4.78, 5) is 141. The molecule has 0 aliphatic rings. The number of phenolic OH excluding ortho intramolecular Hbond substituents is 1. The molecule has 374 valence electrons. The van der Waals surface area contributed by atoms with Crippen molar-refractivity contribution in [3.05, 3.63) is 29.8 Å². The molecule has 25 nitrogen and oxygen atoms in total. The molecular weight excluding hydrogens is 883 g/mol. The fourth-order valence-corrected chi connectivity index (χ4v) is 6.21. The summed E-state index contributed by atoms with van der Waals surface area (Å²) in [7, 11) is 0. The Kier molecular flexibility index (Phi) is 24.5. The second kappa shape index (κ2) is 28.2. The van der Waals surface area contributed by atoms with E-state index in [-0.39, 0.29) is 36.8 Å². The number of primary amides is 2. The Labute approximate surface area is 387 Å². The van der Waals surface area contributed by atoms with Crippen molar-refractivity contribution in [1.82, 2.24) is 42.5 Å². The van der Waals surface area contributed by atoms with Crippen LogP contribution in [0.5, 0.6) is 5.75 Å². The standard InChI is InChI=1S/C42H67N11O14/c1-19(2)12-26(49-36(60)25(43)14-23-8-10-24(55)11-9-23)39(63)52-30(18-54)37(61)46-17-33(58)47-22(7)35(59)48-28(15-31(44)56)40(64)50-27(13-20(3)4)38(62)51-29(16-32(45)57)41(65)53-34(21(5)6)42(66)67/h8-11,19-22,25-30,34,54-55H,12-18,43H2,1-7H3,(H2,44,56)(H2,45,57)(H,46,61)(H,47,58)(H,48,59)(H,49,60)(H,50,64)(H,51,62)(H,52,63)(H,53,65)(H,66,67)/t22-,25-,26-,27-,28-,29-,30-,34-/m0/s1. The van der Waals surface area contributed by atoms with Crippen LogP contribution in [0, 0.1) is 17.8 Å². The quantitative estimate of drug-likeness (QED) is 0.0359. The summed E-state index contributed by atoms with van der Waals surface area (Å²) in [6.45, 7) is 9.46. The molecule has 0 aliphatic carbocycles. The molecule has 1 aromatic rings. The van der Waals surface area contributed by atoms with Crippen LogP contribution in [-0.4, -0.2) is 142 Å². The number of rotatable bonds is 29. The summed E-state index contributed by atoms with van der Waals surface area (Å²) in [5.74, 6) is -12.1. The van der Waals surface area contributed by atoms with Gasteiger partial charge in [-0.2, -0.15) is 0 Å². The number of carboxylic acid groups (broad SMARTS) is 1. The first-order valence-electron chi connectivity index (χ1n) is 21.5. The number of carboxylic acids is 1. The first-order chi connectivity index (χ1) is 31.1. The van der Waals surface area contributed by atoms with E-state index in [4.69, 9.17) is 17.2 Å². The van der Waals surface area contributed by atoms with Gasteiger partial charge in [0.15, 0.2) is 0 Å². The maximum absolute atomic E-state index is 13.5. The Morgan fingerprint density at radius 1 is 0.552 bits per heavy atom. The highest BCUT2D eigenvalue weighted by molar-refractivity contribution is 5.99. The van der Waals surface area contributed by atoms with E-state index in [2.05, 4.69) is 42.5 Å². The lowest BCUT2D eigenvalue weighted by Crippen LogP contribution is -2.60. The van der Waals surface area contributed by atoms with Gasteiger partial charge in [-0.15, -0.1) is 0 Å². The molecule has 0 aliphatic heterocycles. The van der Waals surface area contributed by atoms with Gasteiger partial charge in [0.05, 0.1) is 32.0 Å². The minimum atomic E-state index is -1.72. The first kappa shape index (κ1) is 58.1. The van der Waals surface area contributed by atoms with Crippen molar-refractivity contribution < 1.29 is 68.1 Å². The molecule has 0 saturated carbocycles. The van der Waals surface area contributed by atoms with Crippen molar-refractivity contribution in [2.45, 2.75) is 129 Å². The molecule has 17 N–H and O–H groups in total. The van der Waals surface area contributed by atoms with E-state index < -0.39 is 145 Å². The molecule has 0 aromatic heterocycles. The zero-order valence-electron chi connectivity index (χ0n) is 38.7. The van der Waals surface area contributed by atoms with Crippen LogP contribution in [-0.2, 0) is 59.2 Å². The summed E-state index contributed by atoms with van der Waals surface area (Å²) in [5.41, 5.74) is 17.3. The second-order valence-electron chi connectivity index (χ2n) is 17.1. The number of aromatic hydroxyl groups is 1. The zero-order chi connectivity index (χ0) is 51.3. The Bertz CT molecular complexity index is 1930. The molecule has 0 saturated heterocycles. The smallest absolute Gasteiger partial charge is 0.326 e. The summed E-state index contributed by atoms with van der Waals surface area (Å²) >= 11 is 0. The van der Waals surface area contributed by atoms with Gasteiger partial charge in [0, 0.05) is 0 Å².